The van der Waals surface area contributed by atoms with E-state index in [1.165, 1.54) is 0 Å². The Kier molecular flexibility index (Phi) is 6.08. The molecule has 0 aromatic heterocycles. The molecule has 0 amide bonds. The second kappa shape index (κ2) is 7.39. The van der Waals surface area contributed by atoms with Gasteiger partial charge >= 0.3 is 0 Å². The topological polar surface area (TPSA) is 52.5 Å². The Morgan fingerprint density at radius 1 is 1.25 bits per heavy atom. The summed E-state index contributed by atoms with van der Waals surface area (Å²) in [4.78, 5) is 0. The van der Waals surface area contributed by atoms with Crippen molar-refractivity contribution in [1.82, 2.24) is 5.32 Å². The number of hydrogen-bond donors (Lipinski definition) is 3. The minimum atomic E-state index is -0.426. The summed E-state index contributed by atoms with van der Waals surface area (Å²) >= 11 is 0. The fraction of sp³-hybridized carbons (Fsp3) is 0.538. The highest BCUT2D eigenvalue weighted by atomic mass is 16.3. The molecule has 2 unspecified atom stereocenters. The van der Waals surface area contributed by atoms with E-state index >= 15 is 0 Å². The van der Waals surface area contributed by atoms with Crippen molar-refractivity contribution in [2.45, 2.75) is 31.9 Å². The molecule has 0 saturated carbocycles. The average Bonchev–Trinajstić information content (AvgIpc) is 2.35. The molecular weight excluding hydrogens is 202 g/mol. The van der Waals surface area contributed by atoms with Crippen molar-refractivity contribution in [3.8, 4) is 0 Å². The summed E-state index contributed by atoms with van der Waals surface area (Å²) in [5, 5.41) is 22.1. The zero-order valence-electron chi connectivity index (χ0n) is 9.76. The maximum Gasteiger partial charge on any atom is 0.0802 e. The van der Waals surface area contributed by atoms with Gasteiger partial charge in [-0.05, 0) is 24.9 Å². The van der Waals surface area contributed by atoms with Gasteiger partial charge in [-0.15, -0.1) is 0 Å². The molecule has 1 aromatic rings. The van der Waals surface area contributed by atoms with Crippen molar-refractivity contribution in [2.75, 3.05) is 13.2 Å². The molecule has 2 atom stereocenters. The number of hydrogen-bond acceptors (Lipinski definition) is 3. The largest absolute Gasteiger partial charge is 0.395 e. The van der Waals surface area contributed by atoms with Crippen LogP contribution in [0.2, 0.25) is 0 Å². The lowest BCUT2D eigenvalue weighted by Crippen LogP contribution is -2.33. The molecular formula is C13H21NO2. The Bertz CT molecular complexity index is 273. The smallest absolute Gasteiger partial charge is 0.0802 e. The number of nitrogens with one attached hydrogen (secondary N) is 1. The third-order valence-electron chi connectivity index (χ3n) is 2.75. The van der Waals surface area contributed by atoms with Crippen LogP contribution in [0.5, 0.6) is 0 Å². The number of benzene rings is 1. The van der Waals surface area contributed by atoms with Crippen LogP contribution in [0, 0.1) is 0 Å². The summed E-state index contributed by atoms with van der Waals surface area (Å²) in [5.74, 6) is 0. The molecule has 1 rings (SSSR count). The number of aliphatic hydroxyl groups is 2. The van der Waals surface area contributed by atoms with E-state index in [0.717, 1.165) is 18.5 Å². The molecule has 3 nitrogen and oxygen atoms in total. The zero-order valence-corrected chi connectivity index (χ0v) is 9.76. The van der Waals surface area contributed by atoms with Crippen LogP contribution in [-0.2, 0) is 0 Å². The van der Waals surface area contributed by atoms with Crippen LogP contribution in [0.3, 0.4) is 0 Å². The van der Waals surface area contributed by atoms with Gasteiger partial charge in [0.2, 0.25) is 0 Å². The first-order valence-corrected chi connectivity index (χ1v) is 5.85. The van der Waals surface area contributed by atoms with Gasteiger partial charge in [-0.1, -0.05) is 37.3 Å². The van der Waals surface area contributed by atoms with Gasteiger partial charge in [0.15, 0.2) is 0 Å². The first-order chi connectivity index (χ1) is 7.77. The summed E-state index contributed by atoms with van der Waals surface area (Å²) in [6.07, 6.45) is 1.14. The van der Waals surface area contributed by atoms with Crippen LogP contribution in [0.4, 0.5) is 0 Å². The maximum atomic E-state index is 9.88. The SMILES string of the molecule is CCC(CO)NCCC(O)c1ccccc1. The highest BCUT2D eigenvalue weighted by Gasteiger charge is 2.08. The van der Waals surface area contributed by atoms with Crippen molar-refractivity contribution in [3.05, 3.63) is 35.9 Å². The predicted molar refractivity (Wildman–Crippen MR) is 65.2 cm³/mol. The van der Waals surface area contributed by atoms with Gasteiger partial charge in [-0.25, -0.2) is 0 Å². The highest BCUT2D eigenvalue weighted by Crippen LogP contribution is 2.14. The van der Waals surface area contributed by atoms with E-state index in [9.17, 15) is 5.11 Å². The van der Waals surface area contributed by atoms with Crippen molar-refractivity contribution >= 4 is 0 Å². The molecule has 0 spiro atoms. The third-order valence-corrected chi connectivity index (χ3v) is 2.75. The maximum absolute atomic E-state index is 9.88. The van der Waals surface area contributed by atoms with Gasteiger partial charge in [0, 0.05) is 6.04 Å². The Morgan fingerprint density at radius 2 is 1.94 bits per heavy atom. The number of rotatable bonds is 7. The van der Waals surface area contributed by atoms with Crippen LogP contribution in [0.1, 0.15) is 31.4 Å². The van der Waals surface area contributed by atoms with Gasteiger partial charge in [0.1, 0.15) is 0 Å². The van der Waals surface area contributed by atoms with E-state index in [1.54, 1.807) is 0 Å². The minimum Gasteiger partial charge on any atom is -0.395 e. The van der Waals surface area contributed by atoms with Gasteiger partial charge in [-0.2, -0.15) is 0 Å². The second-order valence-electron chi connectivity index (χ2n) is 3.96. The van der Waals surface area contributed by atoms with Gasteiger partial charge in [0.25, 0.3) is 0 Å². The molecule has 0 fully saturated rings. The summed E-state index contributed by atoms with van der Waals surface area (Å²) in [7, 11) is 0. The summed E-state index contributed by atoms with van der Waals surface area (Å²) in [5.41, 5.74) is 0.946. The predicted octanol–water partition coefficient (Wildman–Crippen LogP) is 1.47. The second-order valence-corrected chi connectivity index (χ2v) is 3.96. The average molecular weight is 223 g/mol. The van der Waals surface area contributed by atoms with E-state index in [0.29, 0.717) is 6.42 Å². The Morgan fingerprint density at radius 3 is 2.50 bits per heavy atom. The summed E-state index contributed by atoms with van der Waals surface area (Å²) in [6.45, 7) is 2.90. The van der Waals surface area contributed by atoms with E-state index in [2.05, 4.69) is 5.32 Å². The lowest BCUT2D eigenvalue weighted by Gasteiger charge is -2.16. The Labute approximate surface area is 97.1 Å². The highest BCUT2D eigenvalue weighted by molar-refractivity contribution is 5.17. The quantitative estimate of drug-likeness (QED) is 0.656. The van der Waals surface area contributed by atoms with Crippen LogP contribution in [0.15, 0.2) is 30.3 Å². The summed E-state index contributed by atoms with van der Waals surface area (Å²) in [6, 6.07) is 9.78. The van der Waals surface area contributed by atoms with E-state index in [1.807, 2.05) is 37.3 Å². The third kappa shape index (κ3) is 4.31. The van der Waals surface area contributed by atoms with Crippen LogP contribution < -0.4 is 5.32 Å². The molecule has 3 heteroatoms. The molecule has 0 radical (unpaired) electrons. The zero-order chi connectivity index (χ0) is 11.8. The molecule has 3 N–H and O–H groups in total. The van der Waals surface area contributed by atoms with Crippen molar-refractivity contribution in [2.24, 2.45) is 0 Å². The van der Waals surface area contributed by atoms with E-state index in [-0.39, 0.29) is 12.6 Å². The normalized spacial score (nSPS) is 14.7. The van der Waals surface area contributed by atoms with E-state index < -0.39 is 6.10 Å². The molecule has 0 bridgehead atoms. The van der Waals surface area contributed by atoms with Crippen molar-refractivity contribution in [3.63, 3.8) is 0 Å². The minimum absolute atomic E-state index is 0.142. The first kappa shape index (κ1) is 13.2. The Hall–Kier alpha value is -0.900. The monoisotopic (exact) mass is 223 g/mol. The van der Waals surface area contributed by atoms with Crippen LogP contribution >= 0.6 is 0 Å². The first-order valence-electron chi connectivity index (χ1n) is 5.85. The van der Waals surface area contributed by atoms with Crippen LogP contribution in [0.25, 0.3) is 0 Å². The van der Waals surface area contributed by atoms with Crippen molar-refractivity contribution in [1.29, 1.82) is 0 Å². The fourth-order valence-corrected chi connectivity index (χ4v) is 1.60. The van der Waals surface area contributed by atoms with Gasteiger partial charge in [-0.3, -0.25) is 0 Å². The molecule has 1 aromatic carbocycles. The lowest BCUT2D eigenvalue weighted by atomic mass is 10.1. The van der Waals surface area contributed by atoms with E-state index in [4.69, 9.17) is 5.11 Å². The van der Waals surface area contributed by atoms with Gasteiger partial charge < -0.3 is 15.5 Å². The summed E-state index contributed by atoms with van der Waals surface area (Å²) < 4.78 is 0. The molecule has 0 saturated heterocycles. The molecule has 0 aliphatic carbocycles. The lowest BCUT2D eigenvalue weighted by molar-refractivity contribution is 0.161. The molecule has 0 heterocycles. The fourth-order valence-electron chi connectivity index (χ4n) is 1.60. The van der Waals surface area contributed by atoms with Gasteiger partial charge in [0.05, 0.1) is 12.7 Å². The number of aliphatic hydroxyl groups excluding tert-OH is 2. The van der Waals surface area contributed by atoms with Crippen molar-refractivity contribution < 1.29 is 10.2 Å². The molecule has 0 aliphatic heterocycles. The molecule has 90 valence electrons. The molecule has 16 heavy (non-hydrogen) atoms. The Balaban J connectivity index is 2.28. The standard InChI is InChI=1S/C13H21NO2/c1-2-12(10-15)14-9-8-13(16)11-6-4-3-5-7-11/h3-7,12-16H,2,8-10H2,1H3. The molecule has 0 aliphatic rings. The van der Waals surface area contributed by atoms with Crippen LogP contribution in [-0.4, -0.2) is 29.4 Å².